The normalized spacial score (nSPS) is 13.2. The minimum Gasteiger partial charge on any atom is -0.350 e. The molecule has 1 aromatic rings. The van der Waals surface area contributed by atoms with Crippen LogP contribution >= 0.6 is 31.9 Å². The van der Waals surface area contributed by atoms with Crippen molar-refractivity contribution in [2.45, 2.75) is 32.4 Å². The number of hydrogen-bond donors (Lipinski definition) is 3. The monoisotopic (exact) mass is 378 g/mol. The van der Waals surface area contributed by atoms with Gasteiger partial charge < -0.3 is 10.5 Å². The lowest BCUT2D eigenvalue weighted by atomic mass is 10.0. The average molecular weight is 380 g/mol. The summed E-state index contributed by atoms with van der Waals surface area (Å²) in [6.45, 7) is 5.66. The predicted octanol–water partition coefficient (Wildman–Crippen LogP) is 3.15. The Balaban J connectivity index is 2.99. The van der Waals surface area contributed by atoms with Gasteiger partial charge in [-0.25, -0.2) is 0 Å². The Morgan fingerprint density at radius 2 is 1.72 bits per heavy atom. The standard InChI is InChI=1S/C12H16Br2N2O2/c1-12(2,3)15-11(17)10(16-18)7-4-8(13)6-9(14)5-7/h4-6,10,16,18H,1-3H3,(H,15,17). The second-order valence-corrected chi connectivity index (χ2v) is 6.84. The molecule has 1 unspecified atom stereocenters. The zero-order chi connectivity index (χ0) is 13.9. The Labute approximate surface area is 123 Å². The molecular formula is C12H16Br2N2O2. The van der Waals surface area contributed by atoms with Gasteiger partial charge in [-0.3, -0.25) is 4.79 Å². The quantitative estimate of drug-likeness (QED) is 0.707. The Bertz CT molecular complexity index is 424. The van der Waals surface area contributed by atoms with Crippen LogP contribution in [0.2, 0.25) is 0 Å². The Morgan fingerprint density at radius 3 is 2.11 bits per heavy atom. The van der Waals surface area contributed by atoms with E-state index >= 15 is 0 Å². The van der Waals surface area contributed by atoms with Crippen LogP contribution in [0.4, 0.5) is 0 Å². The van der Waals surface area contributed by atoms with Crippen LogP contribution in [-0.2, 0) is 4.79 Å². The summed E-state index contributed by atoms with van der Waals surface area (Å²) in [5.74, 6) is -0.282. The van der Waals surface area contributed by atoms with Gasteiger partial charge in [0.15, 0.2) is 0 Å². The molecule has 0 spiro atoms. The van der Waals surface area contributed by atoms with E-state index in [4.69, 9.17) is 0 Å². The molecule has 4 nitrogen and oxygen atoms in total. The summed E-state index contributed by atoms with van der Waals surface area (Å²) in [5, 5.41) is 12.0. The number of benzene rings is 1. The maximum atomic E-state index is 12.0. The van der Waals surface area contributed by atoms with E-state index in [0.29, 0.717) is 5.56 Å². The maximum Gasteiger partial charge on any atom is 0.244 e. The van der Waals surface area contributed by atoms with E-state index in [0.717, 1.165) is 8.95 Å². The lowest BCUT2D eigenvalue weighted by molar-refractivity contribution is -0.127. The fourth-order valence-corrected chi connectivity index (χ4v) is 2.80. The summed E-state index contributed by atoms with van der Waals surface area (Å²) < 4.78 is 1.66. The largest absolute Gasteiger partial charge is 0.350 e. The topological polar surface area (TPSA) is 61.4 Å². The third-order valence-corrected chi connectivity index (χ3v) is 3.02. The zero-order valence-electron chi connectivity index (χ0n) is 10.4. The molecule has 18 heavy (non-hydrogen) atoms. The number of nitrogens with one attached hydrogen (secondary N) is 2. The fraction of sp³-hybridized carbons (Fsp3) is 0.417. The van der Waals surface area contributed by atoms with Gasteiger partial charge in [-0.1, -0.05) is 31.9 Å². The molecule has 0 aliphatic heterocycles. The molecule has 1 atom stereocenters. The highest BCUT2D eigenvalue weighted by Crippen LogP contribution is 2.24. The Kier molecular flexibility index (Phi) is 5.33. The molecule has 0 fully saturated rings. The van der Waals surface area contributed by atoms with Gasteiger partial charge in [-0.2, -0.15) is 5.48 Å². The Morgan fingerprint density at radius 1 is 1.22 bits per heavy atom. The summed E-state index contributed by atoms with van der Waals surface area (Å²) in [5.41, 5.74) is 2.36. The molecule has 1 amide bonds. The van der Waals surface area contributed by atoms with Crippen molar-refractivity contribution in [1.82, 2.24) is 10.8 Å². The third-order valence-electron chi connectivity index (χ3n) is 2.11. The SMILES string of the molecule is CC(C)(C)NC(=O)C(NO)c1cc(Br)cc(Br)c1. The molecule has 1 rings (SSSR count). The highest BCUT2D eigenvalue weighted by atomic mass is 79.9. The molecule has 0 saturated carbocycles. The first kappa shape index (κ1) is 15.6. The van der Waals surface area contributed by atoms with Gasteiger partial charge in [0.05, 0.1) is 0 Å². The van der Waals surface area contributed by atoms with E-state index in [2.05, 4.69) is 37.2 Å². The minimum atomic E-state index is -0.807. The summed E-state index contributed by atoms with van der Waals surface area (Å²) >= 11 is 6.70. The molecule has 3 N–H and O–H groups in total. The van der Waals surface area contributed by atoms with E-state index < -0.39 is 6.04 Å². The molecule has 6 heteroatoms. The lowest BCUT2D eigenvalue weighted by Crippen LogP contribution is -2.46. The van der Waals surface area contributed by atoms with E-state index in [9.17, 15) is 10.0 Å². The molecule has 0 aliphatic rings. The van der Waals surface area contributed by atoms with Gasteiger partial charge in [0.25, 0.3) is 0 Å². The first-order chi connectivity index (χ1) is 8.23. The van der Waals surface area contributed by atoms with E-state index in [1.807, 2.05) is 32.3 Å². The first-order valence-corrected chi connectivity index (χ1v) is 6.99. The van der Waals surface area contributed by atoms with Gasteiger partial charge in [-0.05, 0) is 44.5 Å². The van der Waals surface area contributed by atoms with Crippen LogP contribution in [0, 0.1) is 0 Å². The van der Waals surface area contributed by atoms with Crippen molar-refractivity contribution >= 4 is 37.8 Å². The van der Waals surface area contributed by atoms with Crippen molar-refractivity contribution in [3.05, 3.63) is 32.7 Å². The molecule has 0 aliphatic carbocycles. The van der Waals surface area contributed by atoms with E-state index in [1.165, 1.54) is 0 Å². The van der Waals surface area contributed by atoms with Gasteiger partial charge in [0.2, 0.25) is 5.91 Å². The molecule has 0 saturated heterocycles. The van der Waals surface area contributed by atoms with Gasteiger partial charge >= 0.3 is 0 Å². The van der Waals surface area contributed by atoms with Crippen LogP contribution in [-0.4, -0.2) is 16.7 Å². The van der Waals surface area contributed by atoms with Crippen LogP contribution in [0.25, 0.3) is 0 Å². The van der Waals surface area contributed by atoms with Crippen LogP contribution in [0.3, 0.4) is 0 Å². The minimum absolute atomic E-state index is 0.282. The summed E-state index contributed by atoms with van der Waals surface area (Å²) in [4.78, 5) is 12.0. The second-order valence-electron chi connectivity index (χ2n) is 5.00. The van der Waals surface area contributed by atoms with E-state index in [-0.39, 0.29) is 11.4 Å². The summed E-state index contributed by atoms with van der Waals surface area (Å²) in [6, 6.07) is 4.61. The van der Waals surface area contributed by atoms with Crippen molar-refractivity contribution in [3.63, 3.8) is 0 Å². The first-order valence-electron chi connectivity index (χ1n) is 5.40. The maximum absolute atomic E-state index is 12.0. The molecule has 1 aromatic carbocycles. The van der Waals surface area contributed by atoms with Crippen molar-refractivity contribution in [2.24, 2.45) is 0 Å². The van der Waals surface area contributed by atoms with Crippen LogP contribution in [0.5, 0.6) is 0 Å². The number of amides is 1. The highest BCUT2D eigenvalue weighted by molar-refractivity contribution is 9.11. The molecule has 0 heterocycles. The molecular weight excluding hydrogens is 364 g/mol. The number of rotatable bonds is 3. The zero-order valence-corrected chi connectivity index (χ0v) is 13.6. The number of hydroxylamine groups is 1. The lowest BCUT2D eigenvalue weighted by Gasteiger charge is -2.24. The number of carbonyl (C=O) groups is 1. The Hall–Kier alpha value is -0.430. The van der Waals surface area contributed by atoms with E-state index in [1.54, 1.807) is 12.1 Å². The summed E-state index contributed by atoms with van der Waals surface area (Å²) in [7, 11) is 0. The van der Waals surface area contributed by atoms with Crippen molar-refractivity contribution in [2.75, 3.05) is 0 Å². The predicted molar refractivity (Wildman–Crippen MR) is 77.4 cm³/mol. The smallest absolute Gasteiger partial charge is 0.244 e. The van der Waals surface area contributed by atoms with Crippen LogP contribution < -0.4 is 10.8 Å². The summed E-state index contributed by atoms with van der Waals surface area (Å²) in [6.07, 6.45) is 0. The van der Waals surface area contributed by atoms with Crippen molar-refractivity contribution in [1.29, 1.82) is 0 Å². The molecule has 0 radical (unpaired) electrons. The van der Waals surface area contributed by atoms with Gasteiger partial charge in [0.1, 0.15) is 6.04 Å². The molecule has 100 valence electrons. The second kappa shape index (κ2) is 6.14. The number of hydrogen-bond acceptors (Lipinski definition) is 3. The van der Waals surface area contributed by atoms with Crippen molar-refractivity contribution in [3.8, 4) is 0 Å². The number of halogens is 2. The van der Waals surface area contributed by atoms with Crippen molar-refractivity contribution < 1.29 is 10.0 Å². The highest BCUT2D eigenvalue weighted by Gasteiger charge is 2.24. The molecule has 0 aromatic heterocycles. The van der Waals surface area contributed by atoms with Gasteiger partial charge in [-0.15, -0.1) is 0 Å². The van der Waals surface area contributed by atoms with Crippen LogP contribution in [0.1, 0.15) is 32.4 Å². The third kappa shape index (κ3) is 4.68. The molecule has 0 bridgehead atoms. The average Bonchev–Trinajstić information content (AvgIpc) is 2.13. The fourth-order valence-electron chi connectivity index (χ4n) is 1.47. The van der Waals surface area contributed by atoms with Gasteiger partial charge in [0, 0.05) is 14.5 Å². The van der Waals surface area contributed by atoms with Crippen LogP contribution in [0.15, 0.2) is 27.1 Å². The number of carbonyl (C=O) groups excluding carboxylic acids is 1.